The summed E-state index contributed by atoms with van der Waals surface area (Å²) < 4.78 is 0. The topological polar surface area (TPSA) is 90.5 Å². The van der Waals surface area contributed by atoms with Crippen LogP contribution in [0.5, 0.6) is 0 Å². The number of carbonyl (C=O) groups is 3. The van der Waals surface area contributed by atoms with Crippen LogP contribution in [-0.4, -0.2) is 48.9 Å². The van der Waals surface area contributed by atoms with Gasteiger partial charge < -0.3 is 16.0 Å². The summed E-state index contributed by atoms with van der Waals surface area (Å²) >= 11 is 0. The number of fused-ring (bicyclic) bond motifs is 2. The molecule has 24 heavy (non-hydrogen) atoms. The van der Waals surface area contributed by atoms with Gasteiger partial charge >= 0.3 is 6.03 Å². The molecule has 128 valence electrons. The van der Waals surface area contributed by atoms with Crippen LogP contribution in [0.2, 0.25) is 0 Å². The van der Waals surface area contributed by atoms with E-state index in [1.807, 2.05) is 31.2 Å². The first kappa shape index (κ1) is 16.4. The summed E-state index contributed by atoms with van der Waals surface area (Å²) in [6.07, 6.45) is 1.28. The molecule has 1 atom stereocenters. The standard InChI is InChI=1S/C17H22N4O3/c1-2-18-9-10-19-14(22)11-21-15(23)17(20-16(21)24)8-7-12-5-3-4-6-13(12)17/h3-6,18H,2,7-11H2,1H3,(H,19,22)(H,20,24). The Labute approximate surface area is 140 Å². The molecule has 1 spiro atoms. The highest BCUT2D eigenvalue weighted by Gasteiger charge is 2.55. The van der Waals surface area contributed by atoms with Gasteiger partial charge in [-0.1, -0.05) is 31.2 Å². The largest absolute Gasteiger partial charge is 0.353 e. The van der Waals surface area contributed by atoms with Crippen LogP contribution >= 0.6 is 0 Å². The van der Waals surface area contributed by atoms with Gasteiger partial charge in [-0.25, -0.2) is 4.79 Å². The Morgan fingerprint density at radius 2 is 2.08 bits per heavy atom. The fourth-order valence-corrected chi connectivity index (χ4v) is 3.40. The van der Waals surface area contributed by atoms with Crippen molar-refractivity contribution in [1.29, 1.82) is 0 Å². The molecule has 7 heteroatoms. The normalized spacial score (nSPS) is 22.0. The number of rotatable bonds is 6. The number of hydrogen-bond donors (Lipinski definition) is 3. The molecule has 0 bridgehead atoms. The van der Waals surface area contributed by atoms with E-state index in [-0.39, 0.29) is 18.4 Å². The first-order valence-electron chi connectivity index (χ1n) is 8.28. The smallest absolute Gasteiger partial charge is 0.325 e. The molecule has 1 heterocycles. The molecule has 1 fully saturated rings. The number of likely N-dealkylation sites (N-methyl/N-ethyl adjacent to an activating group) is 1. The van der Waals surface area contributed by atoms with Crippen LogP contribution in [0.25, 0.3) is 0 Å². The molecule has 0 aromatic heterocycles. The molecule has 7 nitrogen and oxygen atoms in total. The fraction of sp³-hybridized carbons (Fsp3) is 0.471. The van der Waals surface area contributed by atoms with Crippen LogP contribution < -0.4 is 16.0 Å². The van der Waals surface area contributed by atoms with Crippen LogP contribution in [0.3, 0.4) is 0 Å². The van der Waals surface area contributed by atoms with Gasteiger partial charge in [0.2, 0.25) is 5.91 Å². The second kappa shape index (κ2) is 6.60. The third-order valence-electron chi connectivity index (χ3n) is 4.60. The molecular formula is C17H22N4O3. The zero-order chi connectivity index (χ0) is 17.2. The number of carbonyl (C=O) groups excluding carboxylic acids is 3. The highest BCUT2D eigenvalue weighted by molar-refractivity contribution is 6.09. The van der Waals surface area contributed by atoms with Crippen molar-refractivity contribution < 1.29 is 14.4 Å². The maximum Gasteiger partial charge on any atom is 0.325 e. The van der Waals surface area contributed by atoms with E-state index in [1.54, 1.807) is 0 Å². The predicted octanol–water partition coefficient (Wildman–Crippen LogP) is 0.106. The van der Waals surface area contributed by atoms with Crippen LogP contribution in [0.15, 0.2) is 24.3 Å². The van der Waals surface area contributed by atoms with Crippen LogP contribution in [0, 0.1) is 0 Å². The van der Waals surface area contributed by atoms with E-state index in [4.69, 9.17) is 0 Å². The monoisotopic (exact) mass is 330 g/mol. The Balaban J connectivity index is 1.68. The number of nitrogens with one attached hydrogen (secondary N) is 3. The maximum atomic E-state index is 12.9. The third-order valence-corrected chi connectivity index (χ3v) is 4.60. The average Bonchev–Trinajstić information content (AvgIpc) is 3.06. The molecule has 1 aliphatic heterocycles. The highest BCUT2D eigenvalue weighted by atomic mass is 16.2. The van der Waals surface area contributed by atoms with Gasteiger partial charge in [-0.05, 0) is 30.5 Å². The molecule has 3 rings (SSSR count). The van der Waals surface area contributed by atoms with Gasteiger partial charge in [0.1, 0.15) is 12.1 Å². The Kier molecular flexibility index (Phi) is 4.53. The predicted molar refractivity (Wildman–Crippen MR) is 88.2 cm³/mol. The van der Waals surface area contributed by atoms with Crippen LogP contribution in [-0.2, 0) is 21.5 Å². The van der Waals surface area contributed by atoms with Gasteiger partial charge in [0, 0.05) is 13.1 Å². The van der Waals surface area contributed by atoms with Crippen molar-refractivity contribution in [3.05, 3.63) is 35.4 Å². The molecule has 4 amide bonds. The highest BCUT2D eigenvalue weighted by Crippen LogP contribution is 2.41. The summed E-state index contributed by atoms with van der Waals surface area (Å²) in [5, 5.41) is 8.61. The lowest BCUT2D eigenvalue weighted by Gasteiger charge is -2.22. The van der Waals surface area contributed by atoms with Gasteiger partial charge in [-0.3, -0.25) is 14.5 Å². The van der Waals surface area contributed by atoms with Crippen molar-refractivity contribution in [1.82, 2.24) is 20.9 Å². The first-order chi connectivity index (χ1) is 11.6. The Morgan fingerprint density at radius 1 is 1.29 bits per heavy atom. The zero-order valence-corrected chi connectivity index (χ0v) is 13.7. The van der Waals surface area contributed by atoms with Crippen molar-refractivity contribution in [2.75, 3.05) is 26.2 Å². The summed E-state index contributed by atoms with van der Waals surface area (Å²) in [7, 11) is 0. The maximum absolute atomic E-state index is 12.9. The van der Waals surface area contributed by atoms with Gasteiger partial charge in [0.25, 0.3) is 5.91 Å². The minimum absolute atomic E-state index is 0.249. The lowest BCUT2D eigenvalue weighted by Crippen LogP contribution is -2.44. The second-order valence-corrected chi connectivity index (χ2v) is 6.09. The minimum Gasteiger partial charge on any atom is -0.353 e. The molecule has 1 saturated heterocycles. The molecule has 1 aromatic carbocycles. The van der Waals surface area contributed by atoms with Gasteiger partial charge in [-0.15, -0.1) is 0 Å². The Morgan fingerprint density at radius 3 is 2.88 bits per heavy atom. The number of urea groups is 1. The van der Waals surface area contributed by atoms with Crippen molar-refractivity contribution in [2.24, 2.45) is 0 Å². The van der Waals surface area contributed by atoms with Crippen molar-refractivity contribution >= 4 is 17.8 Å². The first-order valence-corrected chi connectivity index (χ1v) is 8.28. The van der Waals surface area contributed by atoms with E-state index >= 15 is 0 Å². The van der Waals surface area contributed by atoms with Gasteiger partial charge in [0.15, 0.2) is 0 Å². The van der Waals surface area contributed by atoms with Crippen molar-refractivity contribution in [3.8, 4) is 0 Å². The molecule has 3 N–H and O–H groups in total. The number of hydrogen-bond acceptors (Lipinski definition) is 4. The summed E-state index contributed by atoms with van der Waals surface area (Å²) in [6, 6.07) is 7.13. The van der Waals surface area contributed by atoms with E-state index in [0.29, 0.717) is 19.5 Å². The molecular weight excluding hydrogens is 308 g/mol. The van der Waals surface area contributed by atoms with Gasteiger partial charge in [-0.2, -0.15) is 0 Å². The molecule has 0 radical (unpaired) electrons. The number of aryl methyl sites for hydroxylation is 1. The number of nitrogens with zero attached hydrogens (tertiary/aromatic N) is 1. The van der Waals surface area contributed by atoms with E-state index in [2.05, 4.69) is 16.0 Å². The Bertz CT molecular complexity index is 676. The summed E-state index contributed by atoms with van der Waals surface area (Å²) in [6.45, 7) is 3.67. The lowest BCUT2D eigenvalue weighted by molar-refractivity contribution is -0.135. The number of amides is 4. The number of benzene rings is 1. The quantitative estimate of drug-likeness (QED) is 0.510. The molecule has 2 aliphatic rings. The van der Waals surface area contributed by atoms with E-state index in [0.717, 1.165) is 29.0 Å². The third kappa shape index (κ3) is 2.75. The molecule has 1 aliphatic carbocycles. The fourth-order valence-electron chi connectivity index (χ4n) is 3.40. The molecule has 1 aromatic rings. The zero-order valence-electron chi connectivity index (χ0n) is 13.7. The van der Waals surface area contributed by atoms with E-state index < -0.39 is 11.6 Å². The van der Waals surface area contributed by atoms with Crippen molar-refractivity contribution in [3.63, 3.8) is 0 Å². The van der Waals surface area contributed by atoms with Crippen molar-refractivity contribution in [2.45, 2.75) is 25.3 Å². The van der Waals surface area contributed by atoms with Gasteiger partial charge in [0.05, 0.1) is 0 Å². The average molecular weight is 330 g/mol. The minimum atomic E-state index is -1.00. The molecule has 1 unspecified atom stereocenters. The molecule has 0 saturated carbocycles. The van der Waals surface area contributed by atoms with Crippen LogP contribution in [0.1, 0.15) is 24.5 Å². The van der Waals surface area contributed by atoms with E-state index in [1.165, 1.54) is 0 Å². The SMILES string of the molecule is CCNCCNC(=O)CN1C(=O)NC2(CCc3ccccc32)C1=O. The Hall–Kier alpha value is -2.41. The second-order valence-electron chi connectivity index (χ2n) is 6.09. The summed E-state index contributed by atoms with van der Waals surface area (Å²) in [5.74, 6) is -0.668. The lowest BCUT2D eigenvalue weighted by atomic mass is 9.92. The summed E-state index contributed by atoms with van der Waals surface area (Å²) in [5.41, 5.74) is 0.916. The summed E-state index contributed by atoms with van der Waals surface area (Å²) in [4.78, 5) is 38.1. The van der Waals surface area contributed by atoms with E-state index in [9.17, 15) is 14.4 Å². The van der Waals surface area contributed by atoms with Crippen LogP contribution in [0.4, 0.5) is 4.79 Å². The number of imide groups is 1.